The molecule has 1 heterocycles. The second-order valence-corrected chi connectivity index (χ2v) is 2.43. The molecule has 2 nitrogen and oxygen atoms in total. The van der Waals surface area contributed by atoms with Gasteiger partial charge in [0.15, 0.2) is 0 Å². The molecular weight excluding hydrogens is 112 g/mol. The minimum absolute atomic E-state index is 0.551. The second kappa shape index (κ2) is 2.29. The van der Waals surface area contributed by atoms with Gasteiger partial charge in [0.1, 0.15) is 0 Å². The van der Waals surface area contributed by atoms with Crippen molar-refractivity contribution in [2.75, 3.05) is 13.6 Å². The normalized spacial score (nSPS) is 25.9. The molecule has 0 aromatic rings. The van der Waals surface area contributed by atoms with Crippen molar-refractivity contribution < 1.29 is 0 Å². The van der Waals surface area contributed by atoms with Gasteiger partial charge in [-0.25, -0.2) is 0 Å². The lowest BCUT2D eigenvalue weighted by molar-refractivity contribution is 0.203. The highest BCUT2D eigenvalue weighted by molar-refractivity contribution is 4.92. The fourth-order valence-electron chi connectivity index (χ4n) is 1.04. The highest BCUT2D eigenvalue weighted by Gasteiger charge is 2.15. The van der Waals surface area contributed by atoms with E-state index < -0.39 is 0 Å². The van der Waals surface area contributed by atoms with Gasteiger partial charge in [0.05, 0.1) is 6.17 Å². The van der Waals surface area contributed by atoms with E-state index in [0.717, 1.165) is 6.54 Å². The summed E-state index contributed by atoms with van der Waals surface area (Å²) < 4.78 is 0. The fourth-order valence-corrected chi connectivity index (χ4v) is 1.04. The molecule has 0 amide bonds. The Morgan fingerprint density at radius 1 is 1.44 bits per heavy atom. The highest BCUT2D eigenvalue weighted by Crippen LogP contribution is 2.11. The predicted molar refractivity (Wildman–Crippen MR) is 38.7 cm³/mol. The van der Waals surface area contributed by atoms with E-state index in [4.69, 9.17) is 0 Å². The maximum atomic E-state index is 2.29. The van der Waals surface area contributed by atoms with Crippen LogP contribution in [0, 0.1) is 0 Å². The van der Waals surface area contributed by atoms with Crippen LogP contribution in [0.3, 0.4) is 0 Å². The van der Waals surface area contributed by atoms with Crippen molar-refractivity contribution in [2.45, 2.75) is 20.0 Å². The molecule has 0 spiro atoms. The van der Waals surface area contributed by atoms with E-state index in [1.165, 1.54) is 0 Å². The van der Waals surface area contributed by atoms with Crippen LogP contribution in [-0.4, -0.2) is 29.6 Å². The Hall–Kier alpha value is -0.660. The van der Waals surface area contributed by atoms with Gasteiger partial charge in [-0.3, -0.25) is 0 Å². The molecule has 9 heavy (non-hydrogen) atoms. The molecule has 0 radical (unpaired) electrons. The minimum atomic E-state index is 0.551. The van der Waals surface area contributed by atoms with Gasteiger partial charge < -0.3 is 9.80 Å². The summed E-state index contributed by atoms with van der Waals surface area (Å²) in [6, 6.07) is 0. The van der Waals surface area contributed by atoms with Crippen molar-refractivity contribution in [3.8, 4) is 0 Å². The van der Waals surface area contributed by atoms with Gasteiger partial charge in [-0.2, -0.15) is 0 Å². The third-order valence-corrected chi connectivity index (χ3v) is 1.93. The Kier molecular flexibility index (Phi) is 1.65. The molecule has 0 bridgehead atoms. The number of hydrogen-bond donors (Lipinski definition) is 0. The van der Waals surface area contributed by atoms with Gasteiger partial charge in [0.2, 0.25) is 0 Å². The van der Waals surface area contributed by atoms with E-state index in [0.29, 0.717) is 6.17 Å². The monoisotopic (exact) mass is 126 g/mol. The SMILES string of the molecule is CCN1C=CN(C)[C@@H]1C. The summed E-state index contributed by atoms with van der Waals surface area (Å²) in [5, 5.41) is 0. The van der Waals surface area contributed by atoms with Crippen LogP contribution in [-0.2, 0) is 0 Å². The summed E-state index contributed by atoms with van der Waals surface area (Å²) in [4.78, 5) is 4.49. The van der Waals surface area contributed by atoms with Crippen LogP contribution < -0.4 is 0 Å². The van der Waals surface area contributed by atoms with Crippen LogP contribution in [0.5, 0.6) is 0 Å². The largest absolute Gasteiger partial charge is 0.359 e. The Morgan fingerprint density at radius 3 is 2.33 bits per heavy atom. The lowest BCUT2D eigenvalue weighted by atomic mass is 10.5. The zero-order valence-corrected chi connectivity index (χ0v) is 6.33. The van der Waals surface area contributed by atoms with E-state index in [1.54, 1.807) is 0 Å². The summed E-state index contributed by atoms with van der Waals surface area (Å²) in [6.07, 6.45) is 4.79. The van der Waals surface area contributed by atoms with Crippen LogP contribution >= 0.6 is 0 Å². The van der Waals surface area contributed by atoms with Gasteiger partial charge in [-0.1, -0.05) is 0 Å². The smallest absolute Gasteiger partial charge is 0.0974 e. The quantitative estimate of drug-likeness (QED) is 0.518. The summed E-state index contributed by atoms with van der Waals surface area (Å²) in [7, 11) is 2.09. The molecule has 52 valence electrons. The standard InChI is InChI=1S/C7H14N2/c1-4-9-6-5-8(3)7(9)2/h5-7H,4H2,1-3H3/t7-/m0/s1. The summed E-state index contributed by atoms with van der Waals surface area (Å²) >= 11 is 0. The van der Waals surface area contributed by atoms with Crippen LogP contribution in [0.2, 0.25) is 0 Å². The third-order valence-electron chi connectivity index (χ3n) is 1.93. The summed E-state index contributed by atoms with van der Waals surface area (Å²) in [5.74, 6) is 0. The molecule has 0 saturated heterocycles. The van der Waals surface area contributed by atoms with E-state index in [1.807, 2.05) is 0 Å². The third kappa shape index (κ3) is 1.02. The molecule has 0 fully saturated rings. The Bertz CT molecular complexity index is 120. The van der Waals surface area contributed by atoms with Crippen molar-refractivity contribution in [1.29, 1.82) is 0 Å². The first-order valence-electron chi connectivity index (χ1n) is 3.41. The van der Waals surface area contributed by atoms with Gasteiger partial charge in [-0.05, 0) is 13.8 Å². The Balaban J connectivity index is 2.51. The van der Waals surface area contributed by atoms with E-state index in [2.05, 4.69) is 43.1 Å². The molecule has 1 aliphatic rings. The number of nitrogens with zero attached hydrogens (tertiary/aromatic N) is 2. The van der Waals surface area contributed by atoms with Crippen LogP contribution in [0.1, 0.15) is 13.8 Å². The Morgan fingerprint density at radius 2 is 2.11 bits per heavy atom. The zero-order valence-electron chi connectivity index (χ0n) is 6.33. The molecule has 1 atom stereocenters. The fraction of sp³-hybridized carbons (Fsp3) is 0.714. The van der Waals surface area contributed by atoms with E-state index in [-0.39, 0.29) is 0 Å². The first kappa shape index (κ1) is 6.46. The average Bonchev–Trinajstić information content (AvgIpc) is 2.15. The summed E-state index contributed by atoms with van der Waals surface area (Å²) in [6.45, 7) is 5.46. The predicted octanol–water partition coefficient (Wildman–Crippen LogP) is 1.07. The van der Waals surface area contributed by atoms with Crippen molar-refractivity contribution in [2.24, 2.45) is 0 Å². The van der Waals surface area contributed by atoms with Gasteiger partial charge in [0, 0.05) is 26.0 Å². The van der Waals surface area contributed by atoms with Crippen LogP contribution in [0.25, 0.3) is 0 Å². The zero-order chi connectivity index (χ0) is 6.85. The molecule has 0 aliphatic carbocycles. The molecule has 0 aromatic heterocycles. The molecule has 0 unspecified atom stereocenters. The van der Waals surface area contributed by atoms with Gasteiger partial charge in [-0.15, -0.1) is 0 Å². The van der Waals surface area contributed by atoms with E-state index in [9.17, 15) is 0 Å². The topological polar surface area (TPSA) is 6.48 Å². The highest BCUT2D eigenvalue weighted by atomic mass is 15.4. The number of rotatable bonds is 1. The lowest BCUT2D eigenvalue weighted by Gasteiger charge is -2.25. The first-order chi connectivity index (χ1) is 4.25. The molecule has 0 N–H and O–H groups in total. The van der Waals surface area contributed by atoms with Crippen LogP contribution in [0.4, 0.5) is 0 Å². The Labute approximate surface area is 56.8 Å². The molecule has 1 rings (SSSR count). The number of hydrogen-bond acceptors (Lipinski definition) is 2. The molecule has 0 saturated carbocycles. The van der Waals surface area contributed by atoms with Gasteiger partial charge >= 0.3 is 0 Å². The first-order valence-corrected chi connectivity index (χ1v) is 3.41. The lowest BCUT2D eigenvalue weighted by Crippen LogP contribution is -2.33. The van der Waals surface area contributed by atoms with Crippen LogP contribution in [0.15, 0.2) is 12.4 Å². The maximum Gasteiger partial charge on any atom is 0.0974 e. The van der Waals surface area contributed by atoms with Crippen molar-refractivity contribution >= 4 is 0 Å². The van der Waals surface area contributed by atoms with Crippen molar-refractivity contribution in [3.05, 3.63) is 12.4 Å². The van der Waals surface area contributed by atoms with Crippen molar-refractivity contribution in [1.82, 2.24) is 9.80 Å². The molecule has 1 aliphatic heterocycles. The molecule has 0 aromatic carbocycles. The van der Waals surface area contributed by atoms with Crippen molar-refractivity contribution in [3.63, 3.8) is 0 Å². The molecular formula is C7H14N2. The van der Waals surface area contributed by atoms with E-state index >= 15 is 0 Å². The minimum Gasteiger partial charge on any atom is -0.359 e. The van der Waals surface area contributed by atoms with Gasteiger partial charge in [0.25, 0.3) is 0 Å². The maximum absolute atomic E-state index is 2.29. The second-order valence-electron chi connectivity index (χ2n) is 2.43. The molecule has 2 heteroatoms. The summed E-state index contributed by atoms with van der Waals surface area (Å²) in [5.41, 5.74) is 0. The average molecular weight is 126 g/mol.